The largest absolute Gasteiger partial charge is 0.303 e. The Kier molecular flexibility index (Phi) is 6.14. The van der Waals surface area contributed by atoms with E-state index in [1.165, 1.54) is 11.5 Å². The Morgan fingerprint density at radius 3 is 2.75 bits per heavy atom. The summed E-state index contributed by atoms with van der Waals surface area (Å²) < 4.78 is 4.91. The third-order valence-corrected chi connectivity index (χ3v) is 4.71. The van der Waals surface area contributed by atoms with Gasteiger partial charge in [-0.1, -0.05) is 25.4 Å². The molecule has 0 unspecified atom stereocenters. The molecule has 0 saturated carbocycles. The molecular formula is C10H14ClN3S2. The molecule has 0 aliphatic carbocycles. The van der Waals surface area contributed by atoms with Gasteiger partial charge in [0, 0.05) is 12.3 Å². The molecule has 0 aromatic carbocycles. The molecule has 88 valence electrons. The Balaban J connectivity index is 2.46. The lowest BCUT2D eigenvalue weighted by Gasteiger charge is -2.16. The summed E-state index contributed by atoms with van der Waals surface area (Å²) in [6.07, 6.45) is 0. The molecule has 0 N–H and O–H groups in total. The summed E-state index contributed by atoms with van der Waals surface area (Å²) in [6.45, 7) is 7.45. The summed E-state index contributed by atoms with van der Waals surface area (Å²) in [5.41, 5.74) is 0.524. The van der Waals surface area contributed by atoms with Gasteiger partial charge in [-0.05, 0) is 24.6 Å². The number of nitriles is 1. The minimum absolute atomic E-state index is 0.331. The number of halogens is 1. The Hall–Kier alpha value is -0.280. The van der Waals surface area contributed by atoms with Gasteiger partial charge in [0.2, 0.25) is 0 Å². The van der Waals surface area contributed by atoms with Crippen molar-refractivity contribution in [2.75, 3.05) is 25.4 Å². The molecule has 1 rings (SSSR count). The van der Waals surface area contributed by atoms with Gasteiger partial charge < -0.3 is 4.90 Å². The van der Waals surface area contributed by atoms with Crippen molar-refractivity contribution in [3.8, 4) is 6.07 Å². The van der Waals surface area contributed by atoms with Gasteiger partial charge in [-0.15, -0.1) is 11.8 Å². The van der Waals surface area contributed by atoms with Crippen molar-refractivity contribution in [3.05, 3.63) is 10.7 Å². The quantitative estimate of drug-likeness (QED) is 0.748. The zero-order valence-electron chi connectivity index (χ0n) is 9.36. The second-order valence-corrected chi connectivity index (χ2v) is 5.62. The van der Waals surface area contributed by atoms with Gasteiger partial charge in [-0.3, -0.25) is 0 Å². The smallest absolute Gasteiger partial charge is 0.161 e. The first-order valence-electron chi connectivity index (χ1n) is 5.13. The van der Waals surface area contributed by atoms with Gasteiger partial charge in [0.05, 0.1) is 0 Å². The van der Waals surface area contributed by atoms with E-state index in [9.17, 15) is 0 Å². The molecule has 1 aromatic rings. The molecule has 0 fully saturated rings. The van der Waals surface area contributed by atoms with Crippen LogP contribution in [0.25, 0.3) is 0 Å². The normalized spacial score (nSPS) is 10.7. The van der Waals surface area contributed by atoms with Crippen LogP contribution < -0.4 is 0 Å². The average Bonchev–Trinajstić information content (AvgIpc) is 2.65. The number of aromatic nitrogens is 1. The highest BCUT2D eigenvalue weighted by Gasteiger charge is 2.12. The summed E-state index contributed by atoms with van der Waals surface area (Å²) in [7, 11) is 0. The standard InChI is InChI=1S/C10H14ClN3S2/c1-3-14(4-2)5-6-15-10-8(7-12)9(11)13-16-10/h3-6H2,1-2H3. The minimum atomic E-state index is 0.331. The summed E-state index contributed by atoms with van der Waals surface area (Å²) in [5.74, 6) is 0.967. The molecule has 0 saturated heterocycles. The molecule has 0 bridgehead atoms. The van der Waals surface area contributed by atoms with Gasteiger partial charge in [0.25, 0.3) is 0 Å². The van der Waals surface area contributed by atoms with Crippen molar-refractivity contribution in [2.24, 2.45) is 0 Å². The molecule has 16 heavy (non-hydrogen) atoms. The van der Waals surface area contributed by atoms with Crippen LogP contribution in [0, 0.1) is 11.3 Å². The zero-order valence-corrected chi connectivity index (χ0v) is 11.8. The van der Waals surface area contributed by atoms with E-state index >= 15 is 0 Å². The zero-order chi connectivity index (χ0) is 12.0. The fourth-order valence-electron chi connectivity index (χ4n) is 1.25. The third kappa shape index (κ3) is 3.63. The lowest BCUT2D eigenvalue weighted by molar-refractivity contribution is 0.324. The maximum absolute atomic E-state index is 8.90. The molecule has 0 amide bonds. The maximum Gasteiger partial charge on any atom is 0.161 e. The molecule has 0 atom stereocenters. The third-order valence-electron chi connectivity index (χ3n) is 2.27. The number of nitrogens with zero attached hydrogens (tertiary/aromatic N) is 3. The van der Waals surface area contributed by atoms with Crippen LogP contribution in [0.2, 0.25) is 5.15 Å². The minimum Gasteiger partial charge on any atom is -0.303 e. The van der Waals surface area contributed by atoms with Crippen LogP contribution in [0.1, 0.15) is 19.4 Å². The number of rotatable bonds is 6. The van der Waals surface area contributed by atoms with Crippen LogP contribution >= 0.6 is 34.9 Å². The van der Waals surface area contributed by atoms with Crippen molar-refractivity contribution in [3.63, 3.8) is 0 Å². The van der Waals surface area contributed by atoms with Crippen LogP contribution in [0.3, 0.4) is 0 Å². The van der Waals surface area contributed by atoms with Gasteiger partial charge in [0.15, 0.2) is 5.15 Å². The molecule has 0 radical (unpaired) electrons. The Morgan fingerprint density at radius 2 is 2.19 bits per heavy atom. The summed E-state index contributed by atoms with van der Waals surface area (Å²) >= 11 is 8.76. The Labute approximate surface area is 110 Å². The van der Waals surface area contributed by atoms with E-state index in [0.717, 1.165) is 29.6 Å². The van der Waals surface area contributed by atoms with E-state index in [1.807, 2.05) is 0 Å². The Morgan fingerprint density at radius 1 is 1.50 bits per heavy atom. The van der Waals surface area contributed by atoms with Crippen molar-refractivity contribution in [2.45, 2.75) is 18.1 Å². The lowest BCUT2D eigenvalue weighted by atomic mass is 10.4. The van der Waals surface area contributed by atoms with Crippen molar-refractivity contribution in [1.29, 1.82) is 5.26 Å². The Bertz CT molecular complexity index is 369. The molecule has 0 spiro atoms. The number of thioether (sulfide) groups is 1. The highest BCUT2D eigenvalue weighted by Crippen LogP contribution is 2.31. The van der Waals surface area contributed by atoms with E-state index in [2.05, 4.69) is 29.2 Å². The van der Waals surface area contributed by atoms with E-state index < -0.39 is 0 Å². The van der Waals surface area contributed by atoms with Crippen LogP contribution in [0.5, 0.6) is 0 Å². The molecule has 0 aliphatic heterocycles. The fourth-order valence-corrected chi connectivity index (χ4v) is 3.49. The summed E-state index contributed by atoms with van der Waals surface area (Å²) in [6, 6.07) is 2.09. The lowest BCUT2D eigenvalue weighted by Crippen LogP contribution is -2.25. The maximum atomic E-state index is 8.90. The van der Waals surface area contributed by atoms with Gasteiger partial charge >= 0.3 is 0 Å². The second-order valence-electron chi connectivity index (χ2n) is 3.12. The highest BCUT2D eigenvalue weighted by atomic mass is 35.5. The molecule has 3 nitrogen and oxygen atoms in total. The predicted molar refractivity (Wildman–Crippen MR) is 70.4 cm³/mol. The van der Waals surface area contributed by atoms with Crippen molar-refractivity contribution < 1.29 is 0 Å². The van der Waals surface area contributed by atoms with Crippen LogP contribution in [0.4, 0.5) is 0 Å². The van der Waals surface area contributed by atoms with Gasteiger partial charge in [0.1, 0.15) is 15.8 Å². The van der Waals surface area contributed by atoms with Crippen LogP contribution in [-0.4, -0.2) is 34.7 Å². The van der Waals surface area contributed by atoms with Gasteiger partial charge in [-0.25, -0.2) is 0 Å². The molecular weight excluding hydrogens is 262 g/mol. The highest BCUT2D eigenvalue weighted by molar-refractivity contribution is 8.01. The fraction of sp³-hybridized carbons (Fsp3) is 0.600. The topological polar surface area (TPSA) is 39.9 Å². The average molecular weight is 276 g/mol. The van der Waals surface area contributed by atoms with Crippen LogP contribution in [0.15, 0.2) is 4.21 Å². The van der Waals surface area contributed by atoms with Crippen LogP contribution in [-0.2, 0) is 0 Å². The number of hydrogen-bond donors (Lipinski definition) is 0. The van der Waals surface area contributed by atoms with Crippen molar-refractivity contribution >= 4 is 34.9 Å². The van der Waals surface area contributed by atoms with E-state index in [1.54, 1.807) is 11.8 Å². The van der Waals surface area contributed by atoms with Gasteiger partial charge in [-0.2, -0.15) is 9.64 Å². The van der Waals surface area contributed by atoms with E-state index in [-0.39, 0.29) is 0 Å². The molecule has 6 heteroatoms. The molecule has 1 aromatic heterocycles. The summed E-state index contributed by atoms with van der Waals surface area (Å²) in [4.78, 5) is 2.35. The first-order valence-corrected chi connectivity index (χ1v) is 7.27. The summed E-state index contributed by atoms with van der Waals surface area (Å²) in [5, 5.41) is 9.23. The first-order chi connectivity index (χ1) is 7.72. The van der Waals surface area contributed by atoms with E-state index in [0.29, 0.717) is 10.7 Å². The first kappa shape index (κ1) is 13.8. The predicted octanol–water partition coefficient (Wildman–Crippen LogP) is 3.10. The SMILES string of the molecule is CCN(CC)CCSc1snc(Cl)c1C#N. The van der Waals surface area contributed by atoms with E-state index in [4.69, 9.17) is 16.9 Å². The second kappa shape index (κ2) is 7.13. The molecule has 1 heterocycles. The number of hydrogen-bond acceptors (Lipinski definition) is 5. The monoisotopic (exact) mass is 275 g/mol. The molecule has 0 aliphatic rings. The van der Waals surface area contributed by atoms with Crippen molar-refractivity contribution in [1.82, 2.24) is 9.27 Å².